The summed E-state index contributed by atoms with van der Waals surface area (Å²) >= 11 is 10.7. The van der Waals surface area contributed by atoms with Crippen LogP contribution >= 0.6 is 23.2 Å². The Hall–Kier alpha value is -0.860. The van der Waals surface area contributed by atoms with Crippen molar-refractivity contribution in [3.63, 3.8) is 0 Å². The van der Waals surface area contributed by atoms with E-state index in [1.54, 1.807) is 0 Å². The van der Waals surface area contributed by atoms with E-state index in [9.17, 15) is 9.59 Å². The van der Waals surface area contributed by atoms with E-state index in [-0.39, 0.29) is 18.8 Å². The van der Waals surface area contributed by atoms with Gasteiger partial charge in [-0.3, -0.25) is 9.59 Å². The molecule has 0 bridgehead atoms. The van der Waals surface area contributed by atoms with Crippen molar-refractivity contribution in [2.45, 2.75) is 19.3 Å². The molecule has 0 aromatic heterocycles. The molecule has 4 heteroatoms. The van der Waals surface area contributed by atoms with Gasteiger partial charge in [-0.2, -0.15) is 0 Å². The van der Waals surface area contributed by atoms with Gasteiger partial charge in [0, 0.05) is 12.8 Å². The molecule has 1 rings (SSSR count). The van der Waals surface area contributed by atoms with Crippen molar-refractivity contribution in [3.8, 4) is 0 Å². The van der Waals surface area contributed by atoms with Crippen LogP contribution in [0.1, 0.15) is 18.4 Å². The van der Waals surface area contributed by atoms with Crippen LogP contribution in [0.5, 0.6) is 0 Å². The zero-order chi connectivity index (χ0) is 12.0. The zero-order valence-electron chi connectivity index (χ0n) is 8.66. The third-order valence-electron chi connectivity index (χ3n) is 2.27. The molecule has 0 saturated heterocycles. The summed E-state index contributed by atoms with van der Waals surface area (Å²) in [6.45, 7) is 0. The minimum Gasteiger partial charge on any atom is -0.281 e. The molecule has 0 unspecified atom stereocenters. The van der Waals surface area contributed by atoms with Crippen molar-refractivity contribution in [1.82, 2.24) is 0 Å². The van der Waals surface area contributed by atoms with Crippen molar-refractivity contribution in [2.75, 3.05) is 0 Å². The van der Waals surface area contributed by atoms with Crippen LogP contribution in [0.25, 0.3) is 0 Å². The van der Waals surface area contributed by atoms with Crippen molar-refractivity contribution in [3.05, 3.63) is 35.9 Å². The molecule has 2 nitrogen and oxygen atoms in total. The number of hydrogen-bond donors (Lipinski definition) is 0. The predicted molar refractivity (Wildman–Crippen MR) is 64.6 cm³/mol. The Bertz CT molecular complexity index is 347. The van der Waals surface area contributed by atoms with Crippen molar-refractivity contribution >= 4 is 33.7 Å². The van der Waals surface area contributed by atoms with Gasteiger partial charge in [0.2, 0.25) is 10.5 Å². The number of halogens is 2. The Labute approximate surface area is 105 Å². The van der Waals surface area contributed by atoms with Crippen LogP contribution in [0.15, 0.2) is 30.3 Å². The molecular weight excluding hydrogens is 247 g/mol. The molecule has 0 heterocycles. The summed E-state index contributed by atoms with van der Waals surface area (Å²) in [5.74, 6) is -0.114. The van der Waals surface area contributed by atoms with Crippen LogP contribution in [-0.2, 0) is 16.0 Å². The molecule has 0 saturated carbocycles. The van der Waals surface area contributed by atoms with E-state index in [1.807, 2.05) is 30.3 Å². The summed E-state index contributed by atoms with van der Waals surface area (Å²) in [7, 11) is 0. The average Bonchev–Trinajstić information content (AvgIpc) is 2.16. The first-order valence-corrected chi connectivity index (χ1v) is 5.74. The average molecular weight is 259 g/mol. The summed E-state index contributed by atoms with van der Waals surface area (Å²) in [6, 6.07) is 9.64. The standard InChI is InChI=1S/C12H12Cl2O2/c13-11(15)7-10(8-12(14)16)6-9-4-2-1-3-5-9/h1-5,10H,6-8H2. The fourth-order valence-corrected chi connectivity index (χ4v) is 2.05. The molecule has 1 aromatic rings. The van der Waals surface area contributed by atoms with E-state index in [1.165, 1.54) is 0 Å². The second-order valence-electron chi connectivity index (χ2n) is 3.67. The topological polar surface area (TPSA) is 34.1 Å². The van der Waals surface area contributed by atoms with E-state index < -0.39 is 10.5 Å². The lowest BCUT2D eigenvalue weighted by Crippen LogP contribution is -2.11. The number of rotatable bonds is 6. The van der Waals surface area contributed by atoms with Gasteiger partial charge in [-0.1, -0.05) is 30.3 Å². The van der Waals surface area contributed by atoms with Gasteiger partial charge >= 0.3 is 0 Å². The molecule has 0 N–H and O–H groups in total. The first-order chi connectivity index (χ1) is 7.58. The number of hydrogen-bond acceptors (Lipinski definition) is 2. The summed E-state index contributed by atoms with van der Waals surface area (Å²) in [6.07, 6.45) is 0.988. The first-order valence-electron chi connectivity index (χ1n) is 4.98. The largest absolute Gasteiger partial charge is 0.281 e. The summed E-state index contributed by atoms with van der Waals surface area (Å²) < 4.78 is 0. The highest BCUT2D eigenvalue weighted by Crippen LogP contribution is 2.18. The molecule has 0 aliphatic rings. The minimum atomic E-state index is -0.432. The van der Waals surface area contributed by atoms with E-state index >= 15 is 0 Å². The zero-order valence-corrected chi connectivity index (χ0v) is 10.2. The highest BCUT2D eigenvalue weighted by Gasteiger charge is 2.16. The van der Waals surface area contributed by atoms with Crippen LogP contribution < -0.4 is 0 Å². The summed E-state index contributed by atoms with van der Waals surface area (Å²) in [4.78, 5) is 21.7. The fourth-order valence-electron chi connectivity index (χ4n) is 1.62. The quantitative estimate of drug-likeness (QED) is 0.735. The lowest BCUT2D eigenvalue weighted by Gasteiger charge is -2.12. The summed E-state index contributed by atoms with van der Waals surface area (Å²) in [5, 5.41) is -0.863. The van der Waals surface area contributed by atoms with Crippen molar-refractivity contribution < 1.29 is 9.59 Å². The van der Waals surface area contributed by atoms with Crippen LogP contribution in [0.2, 0.25) is 0 Å². The number of carbonyl (C=O) groups is 2. The maximum atomic E-state index is 10.8. The molecule has 0 amide bonds. The second kappa shape index (κ2) is 6.66. The van der Waals surface area contributed by atoms with Crippen LogP contribution in [0.3, 0.4) is 0 Å². The number of carbonyl (C=O) groups excluding carboxylic acids is 2. The molecule has 0 aliphatic carbocycles. The third-order valence-corrected chi connectivity index (χ3v) is 2.57. The van der Waals surface area contributed by atoms with Crippen LogP contribution in [0.4, 0.5) is 0 Å². The van der Waals surface area contributed by atoms with E-state index in [0.717, 1.165) is 5.56 Å². The van der Waals surface area contributed by atoms with Gasteiger partial charge in [0.15, 0.2) is 0 Å². The fraction of sp³-hybridized carbons (Fsp3) is 0.333. The van der Waals surface area contributed by atoms with E-state index in [0.29, 0.717) is 6.42 Å². The predicted octanol–water partition coefficient (Wildman–Crippen LogP) is 3.16. The first kappa shape index (κ1) is 13.2. The second-order valence-corrected chi connectivity index (χ2v) is 4.52. The smallest absolute Gasteiger partial charge is 0.221 e. The van der Waals surface area contributed by atoms with Crippen LogP contribution in [-0.4, -0.2) is 10.5 Å². The Morgan fingerprint density at radius 1 is 1.00 bits per heavy atom. The van der Waals surface area contributed by atoms with Gasteiger partial charge in [-0.15, -0.1) is 0 Å². The maximum absolute atomic E-state index is 10.8. The molecule has 0 spiro atoms. The Kier molecular flexibility index (Phi) is 5.50. The van der Waals surface area contributed by atoms with Gasteiger partial charge in [-0.25, -0.2) is 0 Å². The third kappa shape index (κ3) is 5.29. The van der Waals surface area contributed by atoms with Crippen molar-refractivity contribution in [2.24, 2.45) is 5.92 Å². The lowest BCUT2D eigenvalue weighted by molar-refractivity contribution is -0.114. The SMILES string of the molecule is O=C(Cl)CC(CC(=O)Cl)Cc1ccccc1. The molecule has 0 atom stereocenters. The maximum Gasteiger partial charge on any atom is 0.221 e. The molecule has 1 aromatic carbocycles. The monoisotopic (exact) mass is 258 g/mol. The van der Waals surface area contributed by atoms with Crippen LogP contribution in [0, 0.1) is 5.92 Å². The molecule has 0 aliphatic heterocycles. The normalized spacial score (nSPS) is 10.4. The molecule has 86 valence electrons. The van der Waals surface area contributed by atoms with Gasteiger partial charge in [0.1, 0.15) is 0 Å². The number of benzene rings is 1. The van der Waals surface area contributed by atoms with E-state index in [2.05, 4.69) is 0 Å². The minimum absolute atomic E-state index is 0.114. The molecule has 16 heavy (non-hydrogen) atoms. The van der Waals surface area contributed by atoms with E-state index in [4.69, 9.17) is 23.2 Å². The lowest BCUT2D eigenvalue weighted by atomic mass is 9.94. The molecule has 0 radical (unpaired) electrons. The molecular formula is C12H12Cl2O2. The van der Waals surface area contributed by atoms with Crippen molar-refractivity contribution in [1.29, 1.82) is 0 Å². The van der Waals surface area contributed by atoms with Gasteiger partial charge < -0.3 is 0 Å². The Morgan fingerprint density at radius 3 is 1.94 bits per heavy atom. The summed E-state index contributed by atoms with van der Waals surface area (Å²) in [5.41, 5.74) is 1.07. The highest BCUT2D eigenvalue weighted by molar-refractivity contribution is 6.64. The van der Waals surface area contributed by atoms with Gasteiger partial charge in [0.05, 0.1) is 0 Å². The highest BCUT2D eigenvalue weighted by atomic mass is 35.5. The van der Waals surface area contributed by atoms with Gasteiger partial charge in [-0.05, 0) is 41.1 Å². The Morgan fingerprint density at radius 2 is 1.50 bits per heavy atom. The Balaban J connectivity index is 2.63. The van der Waals surface area contributed by atoms with Gasteiger partial charge in [0.25, 0.3) is 0 Å². The molecule has 0 fully saturated rings.